The van der Waals surface area contributed by atoms with Crippen molar-refractivity contribution in [1.29, 1.82) is 0 Å². The average molecular weight is 398 g/mol. The van der Waals surface area contributed by atoms with Gasteiger partial charge in [0.05, 0.1) is 5.52 Å². The Kier molecular flexibility index (Phi) is 6.82. The third-order valence-electron chi connectivity index (χ3n) is 6.65. The highest BCUT2D eigenvalue weighted by atomic mass is 16.1. The first-order valence-electron chi connectivity index (χ1n) is 11.4. The Balaban J connectivity index is 1.22. The third-order valence-corrected chi connectivity index (χ3v) is 6.65. The van der Waals surface area contributed by atoms with Crippen molar-refractivity contribution in [1.82, 2.24) is 20.2 Å². The number of carbonyl (C=O) groups is 1. The van der Waals surface area contributed by atoms with E-state index < -0.39 is 0 Å². The number of rotatable bonds is 8. The molecule has 0 aromatic carbocycles. The number of fused-ring (bicyclic) bond motifs is 1. The Morgan fingerprint density at radius 2 is 2.07 bits per heavy atom. The highest BCUT2D eigenvalue weighted by Crippen LogP contribution is 2.32. The average Bonchev–Trinajstić information content (AvgIpc) is 3.33. The number of piperidine rings is 1. The van der Waals surface area contributed by atoms with Gasteiger partial charge in [0, 0.05) is 35.8 Å². The number of likely N-dealkylation sites (tertiary alicyclic amines) is 1. The number of H-pyrrole nitrogens is 1. The van der Waals surface area contributed by atoms with Crippen molar-refractivity contribution in [3.05, 3.63) is 24.0 Å². The molecule has 2 fully saturated rings. The maximum Gasteiger partial charge on any atom is 0.225 e. The molecule has 0 radical (unpaired) electrons. The first-order chi connectivity index (χ1) is 14.2. The second kappa shape index (κ2) is 9.72. The van der Waals surface area contributed by atoms with Crippen LogP contribution in [0.1, 0.15) is 69.5 Å². The van der Waals surface area contributed by atoms with E-state index in [0.717, 1.165) is 36.2 Å². The van der Waals surface area contributed by atoms with E-state index in [2.05, 4.69) is 38.6 Å². The molecule has 29 heavy (non-hydrogen) atoms. The first kappa shape index (κ1) is 20.4. The molecular formula is C23H35N5O. The summed E-state index contributed by atoms with van der Waals surface area (Å²) < 4.78 is 0. The van der Waals surface area contributed by atoms with E-state index in [-0.39, 0.29) is 5.91 Å². The number of aromatic amines is 1. The van der Waals surface area contributed by atoms with E-state index >= 15 is 0 Å². The number of aromatic nitrogens is 2. The molecule has 2 aromatic heterocycles. The van der Waals surface area contributed by atoms with Crippen molar-refractivity contribution in [2.45, 2.75) is 63.8 Å². The molecule has 4 heterocycles. The maximum absolute atomic E-state index is 12.3. The van der Waals surface area contributed by atoms with Crippen molar-refractivity contribution in [2.75, 3.05) is 32.0 Å². The first-order valence-corrected chi connectivity index (χ1v) is 11.4. The van der Waals surface area contributed by atoms with Gasteiger partial charge in [-0.2, -0.15) is 0 Å². The van der Waals surface area contributed by atoms with Crippen molar-refractivity contribution >= 4 is 22.6 Å². The lowest BCUT2D eigenvalue weighted by Gasteiger charge is -2.22. The van der Waals surface area contributed by atoms with Gasteiger partial charge >= 0.3 is 0 Å². The summed E-state index contributed by atoms with van der Waals surface area (Å²) in [5.74, 6) is 1.60. The monoisotopic (exact) mass is 397 g/mol. The quantitative estimate of drug-likeness (QED) is 0.583. The minimum absolute atomic E-state index is 0.0704. The summed E-state index contributed by atoms with van der Waals surface area (Å²) >= 11 is 0. The molecule has 6 heteroatoms. The Labute approximate surface area is 173 Å². The Morgan fingerprint density at radius 3 is 2.86 bits per heavy atom. The van der Waals surface area contributed by atoms with Gasteiger partial charge in [-0.15, -0.1) is 0 Å². The predicted octanol–water partition coefficient (Wildman–Crippen LogP) is 4.22. The number of unbranched alkanes of at least 4 members (excludes halogenated alkanes) is 2. The van der Waals surface area contributed by atoms with Crippen molar-refractivity contribution in [3.63, 3.8) is 0 Å². The van der Waals surface area contributed by atoms with Gasteiger partial charge in [-0.3, -0.25) is 9.69 Å². The molecular weight excluding hydrogens is 362 g/mol. The fourth-order valence-corrected chi connectivity index (χ4v) is 4.87. The topological polar surface area (TPSA) is 73.1 Å². The fraction of sp³-hybridized carbons (Fsp3) is 0.652. The Hall–Kier alpha value is -1.92. The standard InChI is InChI=1S/C23H35N5O/c1-28-13-5-7-21(28)20-14-18-16-25-22(15-19(18)26-20)27-23(29)8-4-2-3-6-17-9-11-24-12-10-17/h14-17,21,24,26H,2-13H2,1H3,(H,25,27,29)/t21-/m1/s1. The van der Waals surface area contributed by atoms with Crippen LogP contribution in [0.4, 0.5) is 5.82 Å². The van der Waals surface area contributed by atoms with Crippen LogP contribution in [-0.2, 0) is 4.79 Å². The van der Waals surface area contributed by atoms with E-state index in [0.29, 0.717) is 18.3 Å². The summed E-state index contributed by atoms with van der Waals surface area (Å²) in [6.45, 7) is 3.49. The lowest BCUT2D eigenvalue weighted by Crippen LogP contribution is -2.27. The lowest BCUT2D eigenvalue weighted by molar-refractivity contribution is -0.116. The highest BCUT2D eigenvalue weighted by Gasteiger charge is 2.24. The summed E-state index contributed by atoms with van der Waals surface area (Å²) in [7, 11) is 2.18. The van der Waals surface area contributed by atoms with Crippen LogP contribution in [0, 0.1) is 5.92 Å². The Morgan fingerprint density at radius 1 is 1.21 bits per heavy atom. The van der Waals surface area contributed by atoms with Crippen LogP contribution in [0.25, 0.3) is 10.9 Å². The van der Waals surface area contributed by atoms with Crippen LogP contribution in [0.5, 0.6) is 0 Å². The molecule has 1 amide bonds. The predicted molar refractivity (Wildman–Crippen MR) is 118 cm³/mol. The minimum atomic E-state index is 0.0704. The van der Waals surface area contributed by atoms with Crippen molar-refractivity contribution in [2.24, 2.45) is 5.92 Å². The van der Waals surface area contributed by atoms with Gasteiger partial charge < -0.3 is 15.6 Å². The van der Waals surface area contributed by atoms with Crippen LogP contribution >= 0.6 is 0 Å². The largest absolute Gasteiger partial charge is 0.357 e. The normalized spacial score (nSPS) is 21.1. The summed E-state index contributed by atoms with van der Waals surface area (Å²) in [5.41, 5.74) is 2.30. The zero-order valence-corrected chi connectivity index (χ0v) is 17.7. The molecule has 2 aliphatic rings. The number of hydrogen-bond acceptors (Lipinski definition) is 4. The van der Waals surface area contributed by atoms with Gasteiger partial charge in [0.1, 0.15) is 5.82 Å². The van der Waals surface area contributed by atoms with E-state index in [4.69, 9.17) is 0 Å². The van der Waals surface area contributed by atoms with Crippen LogP contribution in [0.2, 0.25) is 0 Å². The van der Waals surface area contributed by atoms with Crippen LogP contribution in [-0.4, -0.2) is 47.5 Å². The second-order valence-corrected chi connectivity index (χ2v) is 8.86. The second-order valence-electron chi connectivity index (χ2n) is 8.86. The SMILES string of the molecule is CN1CCC[C@@H]1c1cc2cnc(NC(=O)CCCCCC3CCNCC3)cc2[nH]1. The molecule has 1 atom stereocenters. The van der Waals surface area contributed by atoms with Crippen LogP contribution in [0.3, 0.4) is 0 Å². The molecule has 2 aromatic rings. The molecule has 4 rings (SSSR count). The van der Waals surface area contributed by atoms with Gasteiger partial charge in [-0.1, -0.05) is 19.3 Å². The molecule has 6 nitrogen and oxygen atoms in total. The number of nitrogens with zero attached hydrogens (tertiary/aromatic N) is 2. The minimum Gasteiger partial charge on any atom is -0.357 e. The molecule has 0 unspecified atom stereocenters. The lowest BCUT2D eigenvalue weighted by atomic mass is 9.92. The van der Waals surface area contributed by atoms with E-state index in [9.17, 15) is 4.79 Å². The van der Waals surface area contributed by atoms with E-state index in [1.165, 1.54) is 57.3 Å². The molecule has 0 spiro atoms. The van der Waals surface area contributed by atoms with Gasteiger partial charge in [0.25, 0.3) is 0 Å². The van der Waals surface area contributed by atoms with Crippen molar-refractivity contribution < 1.29 is 4.79 Å². The third kappa shape index (κ3) is 5.37. The maximum atomic E-state index is 12.3. The van der Waals surface area contributed by atoms with E-state index in [1.807, 2.05) is 12.3 Å². The van der Waals surface area contributed by atoms with Gasteiger partial charge in [-0.25, -0.2) is 4.98 Å². The van der Waals surface area contributed by atoms with Crippen LogP contribution in [0.15, 0.2) is 18.3 Å². The summed E-state index contributed by atoms with van der Waals surface area (Å²) in [6, 6.07) is 4.62. The number of carbonyl (C=O) groups excluding carboxylic acids is 1. The summed E-state index contributed by atoms with van der Waals surface area (Å²) in [6.07, 6.45) is 12.1. The molecule has 0 aliphatic carbocycles. The molecule has 158 valence electrons. The number of hydrogen-bond donors (Lipinski definition) is 3. The fourth-order valence-electron chi connectivity index (χ4n) is 4.87. The number of amides is 1. The number of pyridine rings is 1. The summed E-state index contributed by atoms with van der Waals surface area (Å²) in [4.78, 5) is 22.7. The number of anilines is 1. The summed E-state index contributed by atoms with van der Waals surface area (Å²) in [5, 5.41) is 7.50. The molecule has 2 saturated heterocycles. The zero-order valence-electron chi connectivity index (χ0n) is 17.7. The number of nitrogens with one attached hydrogen (secondary N) is 3. The molecule has 3 N–H and O–H groups in total. The smallest absolute Gasteiger partial charge is 0.225 e. The zero-order chi connectivity index (χ0) is 20.1. The van der Waals surface area contributed by atoms with Crippen LogP contribution < -0.4 is 10.6 Å². The van der Waals surface area contributed by atoms with Gasteiger partial charge in [0.15, 0.2) is 0 Å². The molecule has 0 saturated carbocycles. The highest BCUT2D eigenvalue weighted by molar-refractivity contribution is 5.92. The molecule has 2 aliphatic heterocycles. The van der Waals surface area contributed by atoms with E-state index in [1.54, 1.807) is 0 Å². The van der Waals surface area contributed by atoms with Crippen molar-refractivity contribution in [3.8, 4) is 0 Å². The van der Waals surface area contributed by atoms with Gasteiger partial charge in [0.2, 0.25) is 5.91 Å². The van der Waals surface area contributed by atoms with Gasteiger partial charge in [-0.05, 0) is 70.8 Å². The molecule has 0 bridgehead atoms. The Bertz CT molecular complexity index is 811.